The van der Waals surface area contributed by atoms with Crippen molar-refractivity contribution in [2.75, 3.05) is 0 Å². The first-order valence-corrected chi connectivity index (χ1v) is 11.3. The van der Waals surface area contributed by atoms with Crippen LogP contribution in [0.1, 0.15) is 77.0 Å². The van der Waals surface area contributed by atoms with Gasteiger partial charge >= 0.3 is 0 Å². The van der Waals surface area contributed by atoms with E-state index in [-0.39, 0.29) is 16.7 Å². The summed E-state index contributed by atoms with van der Waals surface area (Å²) in [5.41, 5.74) is 2.60. The molecule has 0 radical (unpaired) electrons. The van der Waals surface area contributed by atoms with Crippen LogP contribution >= 0.6 is 0 Å². The van der Waals surface area contributed by atoms with Crippen LogP contribution in [0.15, 0.2) is 10.3 Å². The average Bonchev–Trinajstić information content (AvgIpc) is 2.96. The molecule has 9 rings (SSSR count). The van der Waals surface area contributed by atoms with Gasteiger partial charge in [0, 0.05) is 10.8 Å². The maximum Gasteiger partial charge on any atom is 0.272 e. The molecule has 1 heterocycles. The molecule has 9 aliphatic rings. The van der Waals surface area contributed by atoms with E-state index >= 15 is 0 Å². The van der Waals surface area contributed by atoms with E-state index < -0.39 is 5.54 Å². The standard InChI is InChI=1S/C22H31N3O/c26-19-22(24-25-23-19,20-7-13-1-14(8-20)3-15(2-13)9-20)21-10-16-4-17(11-21)6-18(5-16)12-21/h13-18H,1-12H2,(H,23,24,26). The zero-order chi connectivity index (χ0) is 17.1. The molecule has 0 aromatic rings. The van der Waals surface area contributed by atoms with Crippen LogP contribution in [0.5, 0.6) is 0 Å². The Morgan fingerprint density at radius 2 is 1.00 bits per heavy atom. The lowest BCUT2D eigenvalue weighted by atomic mass is 9.35. The van der Waals surface area contributed by atoms with Crippen LogP contribution in [-0.4, -0.2) is 11.4 Å². The van der Waals surface area contributed by atoms with Crippen LogP contribution in [-0.2, 0) is 4.79 Å². The van der Waals surface area contributed by atoms with E-state index in [9.17, 15) is 4.79 Å². The van der Waals surface area contributed by atoms with Gasteiger partial charge in [-0.05, 0) is 113 Å². The van der Waals surface area contributed by atoms with E-state index in [4.69, 9.17) is 5.11 Å². The Balaban J connectivity index is 1.41. The van der Waals surface area contributed by atoms with Crippen molar-refractivity contribution >= 4 is 5.91 Å². The largest absolute Gasteiger partial charge is 0.272 e. The number of amides is 1. The Kier molecular flexibility index (Phi) is 2.63. The van der Waals surface area contributed by atoms with Crippen LogP contribution in [0, 0.1) is 46.3 Å². The fourth-order valence-electron chi connectivity index (χ4n) is 10.6. The molecule has 0 aromatic heterocycles. The average molecular weight is 354 g/mol. The Hall–Kier alpha value is -0.930. The molecule has 140 valence electrons. The molecule has 0 unspecified atom stereocenters. The molecule has 0 saturated heterocycles. The highest BCUT2D eigenvalue weighted by atomic mass is 16.2. The Bertz CT molecular complexity index is 596. The van der Waals surface area contributed by atoms with E-state index in [2.05, 4.69) is 10.6 Å². The van der Waals surface area contributed by atoms with Crippen molar-refractivity contribution in [3.05, 3.63) is 0 Å². The highest BCUT2D eigenvalue weighted by Gasteiger charge is 2.75. The first kappa shape index (κ1) is 15.0. The number of carbonyl (C=O) groups is 1. The third-order valence-electron chi connectivity index (χ3n) is 10.3. The molecule has 4 nitrogen and oxygen atoms in total. The van der Waals surface area contributed by atoms with Crippen LogP contribution < -0.4 is 5.43 Å². The second kappa shape index (κ2) is 4.55. The molecule has 8 fully saturated rings. The molecule has 0 aromatic carbocycles. The fraction of sp³-hybridized carbons (Fsp3) is 0.955. The lowest BCUT2D eigenvalue weighted by molar-refractivity contribution is -0.188. The number of carbonyl (C=O) groups excluding carboxylic acids is 1. The molecule has 0 spiro atoms. The lowest BCUT2D eigenvalue weighted by Gasteiger charge is -2.68. The van der Waals surface area contributed by atoms with Gasteiger partial charge in [-0.2, -0.15) is 5.11 Å². The summed E-state index contributed by atoms with van der Waals surface area (Å²) in [5, 5.41) is 9.25. The SMILES string of the molecule is O=C1NN=NC1(C12CC3CC(CC(C3)C1)C2)C12CC3CC(CC(C3)C1)C2. The molecule has 1 amide bonds. The Morgan fingerprint density at radius 1 is 0.654 bits per heavy atom. The third kappa shape index (κ3) is 1.59. The fourth-order valence-corrected chi connectivity index (χ4v) is 10.6. The van der Waals surface area contributed by atoms with Crippen molar-refractivity contribution < 1.29 is 4.79 Å². The summed E-state index contributed by atoms with van der Waals surface area (Å²) >= 11 is 0. The van der Waals surface area contributed by atoms with Gasteiger partial charge in [0.05, 0.1) is 0 Å². The van der Waals surface area contributed by atoms with Crippen LogP contribution in [0.3, 0.4) is 0 Å². The Labute approximate surface area is 155 Å². The van der Waals surface area contributed by atoms with Gasteiger partial charge in [0.2, 0.25) is 0 Å². The van der Waals surface area contributed by atoms with Gasteiger partial charge in [-0.15, -0.1) is 0 Å². The molecule has 0 atom stereocenters. The monoisotopic (exact) mass is 353 g/mol. The number of nitrogens with zero attached hydrogens (tertiary/aromatic N) is 2. The van der Waals surface area contributed by atoms with E-state index in [0.29, 0.717) is 0 Å². The smallest absolute Gasteiger partial charge is 0.270 e. The molecular weight excluding hydrogens is 322 g/mol. The van der Waals surface area contributed by atoms with Crippen molar-refractivity contribution in [1.82, 2.24) is 5.43 Å². The van der Waals surface area contributed by atoms with Crippen molar-refractivity contribution in [2.45, 2.75) is 82.6 Å². The van der Waals surface area contributed by atoms with E-state index in [1.807, 2.05) is 0 Å². The van der Waals surface area contributed by atoms with E-state index in [1.165, 1.54) is 77.0 Å². The quantitative estimate of drug-likeness (QED) is 0.771. The van der Waals surface area contributed by atoms with Crippen molar-refractivity contribution in [1.29, 1.82) is 0 Å². The summed E-state index contributed by atoms with van der Waals surface area (Å²) in [4.78, 5) is 13.6. The van der Waals surface area contributed by atoms with Crippen LogP contribution in [0.25, 0.3) is 0 Å². The molecule has 8 aliphatic carbocycles. The molecule has 8 saturated carbocycles. The minimum Gasteiger partial charge on any atom is -0.270 e. The van der Waals surface area contributed by atoms with Gasteiger partial charge in [0.1, 0.15) is 0 Å². The molecule has 1 N–H and O–H groups in total. The molecule has 26 heavy (non-hydrogen) atoms. The summed E-state index contributed by atoms with van der Waals surface area (Å²) in [5.74, 6) is 5.34. The van der Waals surface area contributed by atoms with Gasteiger partial charge in [0.25, 0.3) is 5.91 Å². The minimum atomic E-state index is -0.522. The van der Waals surface area contributed by atoms with Gasteiger partial charge in [-0.25, -0.2) is 5.43 Å². The summed E-state index contributed by atoms with van der Waals surface area (Å²) in [6.07, 6.45) is 16.1. The normalized spacial score (nSPS) is 61.5. The van der Waals surface area contributed by atoms with Crippen molar-refractivity contribution in [2.24, 2.45) is 56.7 Å². The van der Waals surface area contributed by atoms with Crippen molar-refractivity contribution in [3.8, 4) is 0 Å². The van der Waals surface area contributed by atoms with Gasteiger partial charge in [-0.3, -0.25) is 4.79 Å². The molecular formula is C22H31N3O. The van der Waals surface area contributed by atoms with Crippen LogP contribution in [0.2, 0.25) is 0 Å². The molecule has 8 bridgehead atoms. The Morgan fingerprint density at radius 3 is 1.27 bits per heavy atom. The van der Waals surface area contributed by atoms with Crippen molar-refractivity contribution in [3.63, 3.8) is 0 Å². The zero-order valence-electron chi connectivity index (χ0n) is 15.8. The van der Waals surface area contributed by atoms with Gasteiger partial charge in [-0.1, -0.05) is 5.22 Å². The summed E-state index contributed by atoms with van der Waals surface area (Å²) in [6, 6.07) is 0. The number of nitrogens with one attached hydrogen (secondary N) is 1. The maximum atomic E-state index is 13.6. The zero-order valence-corrected chi connectivity index (χ0v) is 15.8. The number of hydrogen-bond donors (Lipinski definition) is 1. The lowest BCUT2D eigenvalue weighted by Crippen LogP contribution is -2.71. The van der Waals surface area contributed by atoms with E-state index in [1.54, 1.807) is 0 Å². The first-order chi connectivity index (χ1) is 12.6. The predicted molar refractivity (Wildman–Crippen MR) is 96.9 cm³/mol. The number of rotatable bonds is 2. The summed E-state index contributed by atoms with van der Waals surface area (Å²) in [6.45, 7) is 0. The first-order valence-electron chi connectivity index (χ1n) is 11.3. The minimum absolute atomic E-state index is 0.123. The third-order valence-corrected chi connectivity index (χ3v) is 10.3. The topological polar surface area (TPSA) is 53.8 Å². The maximum absolute atomic E-state index is 13.6. The van der Waals surface area contributed by atoms with Crippen LogP contribution in [0.4, 0.5) is 0 Å². The summed E-state index contributed by atoms with van der Waals surface area (Å²) in [7, 11) is 0. The highest BCUT2D eigenvalue weighted by Crippen LogP contribution is 2.74. The molecule has 1 aliphatic heterocycles. The summed E-state index contributed by atoms with van der Waals surface area (Å²) < 4.78 is 0. The predicted octanol–water partition coefficient (Wildman–Crippen LogP) is 4.66. The second-order valence-electron chi connectivity index (χ2n) is 11.7. The highest BCUT2D eigenvalue weighted by molar-refractivity contribution is 5.90. The van der Waals surface area contributed by atoms with E-state index in [0.717, 1.165) is 35.5 Å². The molecule has 4 heteroatoms. The van der Waals surface area contributed by atoms with Gasteiger partial charge in [0.15, 0.2) is 5.54 Å². The second-order valence-corrected chi connectivity index (χ2v) is 11.7. The van der Waals surface area contributed by atoms with Gasteiger partial charge < -0.3 is 0 Å². The number of hydrogen-bond acceptors (Lipinski definition) is 3.